The van der Waals surface area contributed by atoms with E-state index < -0.39 is 0 Å². The van der Waals surface area contributed by atoms with Gasteiger partial charge in [0, 0.05) is 56.4 Å². The van der Waals surface area contributed by atoms with E-state index in [0.717, 1.165) is 63.7 Å². The van der Waals surface area contributed by atoms with Gasteiger partial charge < -0.3 is 14.7 Å². The minimum atomic E-state index is -0.0839. The Bertz CT molecular complexity index is 3410. The fourth-order valence-corrected chi connectivity index (χ4v) is 11.1. The summed E-state index contributed by atoms with van der Waals surface area (Å²) in [6.45, 7) is 0. The lowest BCUT2D eigenvalue weighted by Gasteiger charge is -2.35. The average molecular weight is 888 g/mol. The van der Waals surface area contributed by atoms with Crippen molar-refractivity contribution in [1.82, 2.24) is 15.0 Å². The predicted octanol–water partition coefficient (Wildman–Crippen LogP) is 15.5. The molecule has 0 bridgehead atoms. The smallest absolute Gasteiger partial charge is 0.164 e. The Balaban J connectivity index is 0.910. The number of para-hydroxylation sites is 3. The molecular formula is C63H47N6. The van der Waals surface area contributed by atoms with Crippen molar-refractivity contribution in [3.63, 3.8) is 0 Å². The Labute approximate surface area is 403 Å². The van der Waals surface area contributed by atoms with Crippen molar-refractivity contribution >= 4 is 56.6 Å². The van der Waals surface area contributed by atoms with E-state index in [0.29, 0.717) is 35.2 Å². The van der Waals surface area contributed by atoms with Crippen LogP contribution in [-0.4, -0.2) is 20.5 Å². The van der Waals surface area contributed by atoms with Crippen LogP contribution in [0.1, 0.15) is 36.2 Å². The molecule has 0 amide bonds. The highest BCUT2D eigenvalue weighted by Gasteiger charge is 2.57. The molecule has 8 aromatic rings. The van der Waals surface area contributed by atoms with Crippen molar-refractivity contribution in [2.45, 2.75) is 24.8 Å². The van der Waals surface area contributed by atoms with Crippen molar-refractivity contribution < 1.29 is 0 Å². The first-order chi connectivity index (χ1) is 34.1. The van der Waals surface area contributed by atoms with Gasteiger partial charge in [0.1, 0.15) is 0 Å². The van der Waals surface area contributed by atoms with Crippen LogP contribution in [0.5, 0.6) is 0 Å². The molecule has 1 aromatic heterocycles. The van der Waals surface area contributed by atoms with E-state index in [1.54, 1.807) is 0 Å². The van der Waals surface area contributed by atoms with E-state index in [4.69, 9.17) is 15.0 Å². The molecule has 0 spiro atoms. The van der Waals surface area contributed by atoms with Crippen LogP contribution in [0.25, 0.3) is 33.9 Å². The zero-order chi connectivity index (χ0) is 45.5. The highest BCUT2D eigenvalue weighted by atomic mass is 15.3. The van der Waals surface area contributed by atoms with Gasteiger partial charge in [0.15, 0.2) is 17.5 Å². The Morgan fingerprint density at radius 3 is 1.84 bits per heavy atom. The van der Waals surface area contributed by atoms with Gasteiger partial charge in [0.2, 0.25) is 0 Å². The van der Waals surface area contributed by atoms with Gasteiger partial charge in [-0.05, 0) is 145 Å². The quantitative estimate of drug-likeness (QED) is 0.136. The Hall–Kier alpha value is -8.35. The van der Waals surface area contributed by atoms with E-state index in [9.17, 15) is 0 Å². The molecule has 6 heteroatoms. The fraction of sp³-hybridized carbons (Fsp3) is 0.111. The van der Waals surface area contributed by atoms with Crippen molar-refractivity contribution in [3.8, 4) is 22.8 Å². The van der Waals surface area contributed by atoms with E-state index in [-0.39, 0.29) is 5.54 Å². The molecule has 1 aliphatic heterocycles. The Morgan fingerprint density at radius 1 is 0.536 bits per heavy atom. The van der Waals surface area contributed by atoms with Gasteiger partial charge in [0.05, 0.1) is 22.8 Å². The fourth-order valence-electron chi connectivity index (χ4n) is 11.1. The van der Waals surface area contributed by atoms with Crippen molar-refractivity contribution in [2.24, 2.45) is 17.8 Å². The second-order valence-corrected chi connectivity index (χ2v) is 19.1. The summed E-state index contributed by atoms with van der Waals surface area (Å²) in [5, 5.41) is 0. The van der Waals surface area contributed by atoms with Crippen molar-refractivity contribution in [3.05, 3.63) is 253 Å². The largest absolute Gasteiger partial charge is 0.331 e. The van der Waals surface area contributed by atoms with Gasteiger partial charge in [-0.1, -0.05) is 134 Å². The third-order valence-electron chi connectivity index (χ3n) is 14.8. The van der Waals surface area contributed by atoms with Crippen LogP contribution < -0.4 is 14.7 Å². The highest BCUT2D eigenvalue weighted by Crippen LogP contribution is 2.61. The maximum absolute atomic E-state index is 5.15. The number of allylic oxidation sites excluding steroid dienone is 9. The molecule has 4 atom stereocenters. The summed E-state index contributed by atoms with van der Waals surface area (Å²) >= 11 is 0. The highest BCUT2D eigenvalue weighted by molar-refractivity contribution is 6.09. The summed E-state index contributed by atoms with van der Waals surface area (Å²) in [4.78, 5) is 22.7. The van der Waals surface area contributed by atoms with E-state index in [2.05, 4.69) is 227 Å². The molecule has 1 radical (unpaired) electrons. The Morgan fingerprint density at radius 2 is 1.14 bits per heavy atom. The van der Waals surface area contributed by atoms with E-state index >= 15 is 0 Å². The molecule has 5 aliphatic carbocycles. The van der Waals surface area contributed by atoms with Crippen LogP contribution in [0.3, 0.4) is 0 Å². The number of anilines is 8. The van der Waals surface area contributed by atoms with Gasteiger partial charge in [-0.2, -0.15) is 0 Å². The molecule has 0 saturated heterocycles. The lowest BCUT2D eigenvalue weighted by molar-refractivity contribution is 0.693. The topological polar surface area (TPSA) is 48.4 Å². The minimum Gasteiger partial charge on any atom is -0.331 e. The second kappa shape index (κ2) is 15.9. The maximum atomic E-state index is 5.15. The first-order valence-electron chi connectivity index (χ1n) is 24.3. The summed E-state index contributed by atoms with van der Waals surface area (Å²) in [6, 6.07) is 65.4. The second-order valence-electron chi connectivity index (χ2n) is 19.1. The zero-order valence-corrected chi connectivity index (χ0v) is 38.0. The van der Waals surface area contributed by atoms with Crippen LogP contribution in [0.2, 0.25) is 0 Å². The number of benzene rings is 7. The molecule has 2 heterocycles. The van der Waals surface area contributed by atoms with Crippen LogP contribution in [0.4, 0.5) is 45.5 Å². The van der Waals surface area contributed by atoms with Gasteiger partial charge in [0.25, 0.3) is 0 Å². The van der Waals surface area contributed by atoms with Gasteiger partial charge in [-0.15, -0.1) is 0 Å². The minimum absolute atomic E-state index is 0.0839. The molecule has 2 fully saturated rings. The number of rotatable bonds is 10. The maximum Gasteiger partial charge on any atom is 0.164 e. The average Bonchev–Trinajstić information content (AvgIpc) is 4.31. The van der Waals surface area contributed by atoms with Crippen molar-refractivity contribution in [2.75, 3.05) is 14.7 Å². The zero-order valence-electron chi connectivity index (χ0n) is 38.0. The molecule has 6 nitrogen and oxygen atoms in total. The third kappa shape index (κ3) is 6.97. The lowest BCUT2D eigenvalue weighted by atomic mass is 10.00. The molecule has 4 unspecified atom stereocenters. The van der Waals surface area contributed by atoms with Crippen LogP contribution >= 0.6 is 0 Å². The molecule has 6 aliphatic rings. The van der Waals surface area contributed by atoms with E-state index in [1.807, 2.05) is 18.2 Å². The molecule has 2 saturated carbocycles. The number of nitrogens with zero attached hydrogens (tertiary/aromatic N) is 6. The number of fused-ring (bicyclic) bond motifs is 7. The van der Waals surface area contributed by atoms with Gasteiger partial charge >= 0.3 is 0 Å². The van der Waals surface area contributed by atoms with Gasteiger partial charge in [-0.3, -0.25) is 0 Å². The first kappa shape index (κ1) is 39.8. The summed E-state index contributed by atoms with van der Waals surface area (Å²) in [5.41, 5.74) is 15.6. The third-order valence-corrected chi connectivity index (χ3v) is 14.8. The van der Waals surface area contributed by atoms with Crippen molar-refractivity contribution in [1.29, 1.82) is 0 Å². The van der Waals surface area contributed by atoms with Crippen LogP contribution in [-0.2, 0) is 0 Å². The summed E-state index contributed by atoms with van der Waals surface area (Å²) in [7, 11) is 0. The Kier molecular flexibility index (Phi) is 9.16. The summed E-state index contributed by atoms with van der Waals surface area (Å²) in [6.07, 6.45) is 21.9. The molecule has 0 N–H and O–H groups in total. The molecule has 7 aromatic carbocycles. The molecule has 329 valence electrons. The molecular weight excluding hydrogens is 841 g/mol. The standard InChI is InChI=1S/C63H47N6/c1-6-16-42(17-7-1)60-64-61(66-62(65-60)45-26-25-44-36-46(44)37-45)43-27-29-50(30-28-43)68-58-33-31-52(67(48-19-9-2-10-20-48)49-21-11-3-12-22-49)38-56(58)54-40-55(54)57-39-53(32-34-59(57)68)69(51-23-13-4-14-24-51)63-35-15-5-8-18-47(63)41-63/h1-17,19-35,37-40,44,46-47H,18,36,41H2. The monoisotopic (exact) mass is 887 g/mol. The first-order valence-corrected chi connectivity index (χ1v) is 24.3. The normalized spacial score (nSPS) is 21.0. The van der Waals surface area contributed by atoms with Crippen LogP contribution in [0, 0.1) is 23.7 Å². The number of aromatic nitrogens is 3. The van der Waals surface area contributed by atoms with Gasteiger partial charge in [-0.25, -0.2) is 15.0 Å². The predicted molar refractivity (Wildman–Crippen MR) is 281 cm³/mol. The lowest BCUT2D eigenvalue weighted by Crippen LogP contribution is -2.33. The molecule has 69 heavy (non-hydrogen) atoms. The number of hydrogen-bond donors (Lipinski definition) is 0. The summed E-state index contributed by atoms with van der Waals surface area (Å²) in [5.74, 6) is 5.11. The summed E-state index contributed by atoms with van der Waals surface area (Å²) < 4.78 is 0. The van der Waals surface area contributed by atoms with Crippen LogP contribution in [0.15, 0.2) is 231 Å². The SMILES string of the molecule is C1=CCC2CC2(N(c2ccccc2)c2ccc3c(c2)[C]2C=C2c2cc(N(c4ccccc4)c4ccccc4)ccc2N3c2ccc(-c3nc(C4=CC5CC5C=C4)nc(-c4ccccc4)n3)cc2)C=C1. The molecule has 14 rings (SSSR count). The number of hydrogen-bond acceptors (Lipinski definition) is 6. The van der Waals surface area contributed by atoms with E-state index in [1.165, 1.54) is 40.4 Å².